The normalized spacial score (nSPS) is 12.8. The van der Waals surface area contributed by atoms with E-state index in [-0.39, 0.29) is 12.4 Å². The first-order chi connectivity index (χ1) is 8.58. The molecule has 0 saturated carbocycles. The monoisotopic (exact) mass is 252 g/mol. The Hall–Kier alpha value is -1.91. The Kier molecular flexibility index (Phi) is 3.60. The van der Waals surface area contributed by atoms with Gasteiger partial charge in [0, 0.05) is 12.1 Å². The summed E-state index contributed by atoms with van der Waals surface area (Å²) >= 11 is 0. The van der Waals surface area contributed by atoms with Gasteiger partial charge in [0.2, 0.25) is 6.79 Å². The van der Waals surface area contributed by atoms with Crippen LogP contribution in [0.1, 0.15) is 30.6 Å². The minimum Gasteiger partial charge on any atom is -0.493 e. The van der Waals surface area contributed by atoms with E-state index in [1.807, 2.05) is 0 Å². The molecular weight excluding hydrogens is 236 g/mol. The van der Waals surface area contributed by atoms with E-state index in [1.165, 1.54) is 6.07 Å². The van der Waals surface area contributed by atoms with E-state index in [4.69, 9.17) is 19.3 Å². The number of fused-ring (bicyclic) bond motifs is 1. The molecule has 0 spiro atoms. The van der Waals surface area contributed by atoms with Gasteiger partial charge >= 0.3 is 5.97 Å². The van der Waals surface area contributed by atoms with E-state index in [0.29, 0.717) is 29.8 Å². The summed E-state index contributed by atoms with van der Waals surface area (Å²) in [6.07, 6.45) is 0.869. The molecular formula is C13H16O5. The fourth-order valence-electron chi connectivity index (χ4n) is 1.61. The van der Waals surface area contributed by atoms with Gasteiger partial charge in [-0.1, -0.05) is 13.8 Å². The molecule has 0 radical (unpaired) electrons. The molecule has 0 bridgehead atoms. The number of hydrogen-bond donors (Lipinski definition) is 1. The van der Waals surface area contributed by atoms with Crippen molar-refractivity contribution in [1.82, 2.24) is 0 Å². The molecule has 1 N–H and O–H groups in total. The second-order valence-corrected chi connectivity index (χ2v) is 4.54. The van der Waals surface area contributed by atoms with Gasteiger partial charge in [0.05, 0.1) is 6.61 Å². The molecule has 0 aliphatic carbocycles. The van der Waals surface area contributed by atoms with Gasteiger partial charge in [0.25, 0.3) is 0 Å². The third-order valence-electron chi connectivity index (χ3n) is 2.66. The fraction of sp³-hybridized carbons (Fsp3) is 0.462. The lowest BCUT2D eigenvalue weighted by molar-refractivity contribution is 0.0691. The van der Waals surface area contributed by atoms with Crippen molar-refractivity contribution in [2.45, 2.75) is 20.3 Å². The van der Waals surface area contributed by atoms with Gasteiger partial charge in [-0.3, -0.25) is 0 Å². The van der Waals surface area contributed by atoms with Gasteiger partial charge in [-0.25, -0.2) is 4.79 Å². The van der Waals surface area contributed by atoms with Crippen LogP contribution in [0.4, 0.5) is 0 Å². The number of benzene rings is 1. The Labute approximate surface area is 105 Å². The van der Waals surface area contributed by atoms with Gasteiger partial charge in [-0.15, -0.1) is 0 Å². The molecule has 98 valence electrons. The third-order valence-corrected chi connectivity index (χ3v) is 2.66. The van der Waals surface area contributed by atoms with Crippen molar-refractivity contribution in [1.29, 1.82) is 0 Å². The summed E-state index contributed by atoms with van der Waals surface area (Å²) in [6, 6.07) is 3.02. The van der Waals surface area contributed by atoms with Crippen molar-refractivity contribution in [3.05, 3.63) is 17.7 Å². The average Bonchev–Trinajstić information content (AvgIpc) is 2.74. The first-order valence-electron chi connectivity index (χ1n) is 5.87. The Balaban J connectivity index is 2.19. The lowest BCUT2D eigenvalue weighted by Gasteiger charge is -2.11. The molecule has 0 atom stereocenters. The van der Waals surface area contributed by atoms with Crippen LogP contribution in [-0.4, -0.2) is 24.5 Å². The molecule has 5 heteroatoms. The van der Waals surface area contributed by atoms with Crippen LogP contribution in [0, 0.1) is 5.92 Å². The van der Waals surface area contributed by atoms with Gasteiger partial charge in [-0.05, 0) is 12.3 Å². The zero-order valence-electron chi connectivity index (χ0n) is 10.4. The SMILES string of the molecule is CC(C)CCOc1cc2c(cc1C(=O)O)OCO2. The molecule has 1 aromatic rings. The maximum Gasteiger partial charge on any atom is 0.339 e. The van der Waals surface area contributed by atoms with Crippen LogP contribution in [-0.2, 0) is 0 Å². The molecule has 5 nitrogen and oxygen atoms in total. The second kappa shape index (κ2) is 5.16. The van der Waals surface area contributed by atoms with Crippen LogP contribution in [0.5, 0.6) is 17.2 Å². The first kappa shape index (κ1) is 12.5. The molecule has 1 aromatic carbocycles. The molecule has 0 unspecified atom stereocenters. The molecule has 1 heterocycles. The van der Waals surface area contributed by atoms with Gasteiger partial charge < -0.3 is 19.3 Å². The van der Waals surface area contributed by atoms with Crippen molar-refractivity contribution in [2.75, 3.05) is 13.4 Å². The minimum atomic E-state index is -1.03. The van der Waals surface area contributed by atoms with Crippen LogP contribution in [0.25, 0.3) is 0 Å². The molecule has 1 aliphatic rings. The maximum atomic E-state index is 11.1. The van der Waals surface area contributed by atoms with E-state index in [0.717, 1.165) is 6.42 Å². The van der Waals surface area contributed by atoms with Crippen LogP contribution >= 0.6 is 0 Å². The number of carbonyl (C=O) groups is 1. The number of rotatable bonds is 5. The summed E-state index contributed by atoms with van der Waals surface area (Å²) in [5.41, 5.74) is 0.100. The van der Waals surface area contributed by atoms with Crippen molar-refractivity contribution < 1.29 is 24.1 Å². The third kappa shape index (κ3) is 2.67. The number of ether oxygens (including phenoxy) is 3. The van der Waals surface area contributed by atoms with E-state index in [1.54, 1.807) is 6.07 Å². The quantitative estimate of drug-likeness (QED) is 0.872. The van der Waals surface area contributed by atoms with Crippen LogP contribution in [0.2, 0.25) is 0 Å². The zero-order chi connectivity index (χ0) is 13.1. The van der Waals surface area contributed by atoms with Crippen molar-refractivity contribution >= 4 is 5.97 Å². The van der Waals surface area contributed by atoms with Crippen LogP contribution < -0.4 is 14.2 Å². The molecule has 0 fully saturated rings. The molecule has 0 amide bonds. The van der Waals surface area contributed by atoms with Gasteiger partial charge in [0.1, 0.15) is 11.3 Å². The number of hydrogen-bond acceptors (Lipinski definition) is 4. The lowest BCUT2D eigenvalue weighted by Crippen LogP contribution is -2.06. The highest BCUT2D eigenvalue weighted by Gasteiger charge is 2.21. The van der Waals surface area contributed by atoms with E-state index in [9.17, 15) is 4.79 Å². The van der Waals surface area contributed by atoms with Gasteiger partial charge in [0.15, 0.2) is 11.5 Å². The van der Waals surface area contributed by atoms with Crippen molar-refractivity contribution in [3.63, 3.8) is 0 Å². The predicted octanol–water partition coefficient (Wildman–Crippen LogP) is 2.54. The standard InChI is InChI=1S/C13H16O5/c1-8(2)3-4-16-10-6-12-11(17-7-18-12)5-9(10)13(14)15/h5-6,8H,3-4,7H2,1-2H3,(H,14,15). The largest absolute Gasteiger partial charge is 0.493 e. The smallest absolute Gasteiger partial charge is 0.339 e. The molecule has 1 aliphatic heterocycles. The summed E-state index contributed by atoms with van der Waals surface area (Å²) in [7, 11) is 0. The van der Waals surface area contributed by atoms with Gasteiger partial charge in [-0.2, -0.15) is 0 Å². The number of carboxylic acid groups (broad SMARTS) is 1. The fourth-order valence-corrected chi connectivity index (χ4v) is 1.61. The van der Waals surface area contributed by atoms with E-state index >= 15 is 0 Å². The first-order valence-corrected chi connectivity index (χ1v) is 5.87. The second-order valence-electron chi connectivity index (χ2n) is 4.54. The maximum absolute atomic E-state index is 11.1. The molecule has 0 saturated heterocycles. The Bertz CT molecular complexity index is 453. The number of aromatic carboxylic acids is 1. The average molecular weight is 252 g/mol. The summed E-state index contributed by atoms with van der Waals surface area (Å²) in [4.78, 5) is 11.1. The van der Waals surface area contributed by atoms with E-state index in [2.05, 4.69) is 13.8 Å². The Morgan fingerprint density at radius 2 is 2.06 bits per heavy atom. The van der Waals surface area contributed by atoms with Crippen LogP contribution in [0.3, 0.4) is 0 Å². The highest BCUT2D eigenvalue weighted by Crippen LogP contribution is 2.38. The highest BCUT2D eigenvalue weighted by atomic mass is 16.7. The predicted molar refractivity (Wildman–Crippen MR) is 64.5 cm³/mol. The van der Waals surface area contributed by atoms with Crippen molar-refractivity contribution in [2.24, 2.45) is 5.92 Å². The number of carboxylic acids is 1. The lowest BCUT2D eigenvalue weighted by atomic mass is 10.1. The Morgan fingerprint density at radius 1 is 1.39 bits per heavy atom. The highest BCUT2D eigenvalue weighted by molar-refractivity contribution is 5.92. The van der Waals surface area contributed by atoms with Crippen LogP contribution in [0.15, 0.2) is 12.1 Å². The summed E-state index contributed by atoms with van der Waals surface area (Å²) < 4.78 is 15.9. The topological polar surface area (TPSA) is 65.0 Å². The summed E-state index contributed by atoms with van der Waals surface area (Å²) in [5, 5.41) is 9.13. The van der Waals surface area contributed by atoms with E-state index < -0.39 is 5.97 Å². The summed E-state index contributed by atoms with van der Waals surface area (Å²) in [6.45, 7) is 4.77. The molecule has 18 heavy (non-hydrogen) atoms. The molecule has 0 aromatic heterocycles. The zero-order valence-corrected chi connectivity index (χ0v) is 10.4. The summed E-state index contributed by atoms with van der Waals surface area (Å²) in [5.74, 6) is 0.774. The Morgan fingerprint density at radius 3 is 2.67 bits per heavy atom. The minimum absolute atomic E-state index is 0.100. The molecule has 2 rings (SSSR count). The van der Waals surface area contributed by atoms with Crippen molar-refractivity contribution in [3.8, 4) is 17.2 Å².